The second-order valence-corrected chi connectivity index (χ2v) is 13.3. The lowest BCUT2D eigenvalue weighted by atomic mass is 10.1. The number of hydrogen-bond acceptors (Lipinski definition) is 14. The van der Waals surface area contributed by atoms with Crippen LogP contribution in [0.25, 0.3) is 44.6 Å². The second kappa shape index (κ2) is 18.1. The average molecular weight is 806 g/mol. The van der Waals surface area contributed by atoms with Crippen LogP contribution in [0.2, 0.25) is 0 Å². The first kappa shape index (κ1) is 41.7. The molecule has 6 N–H and O–H groups in total. The molecule has 0 saturated carbocycles. The number of anilines is 1. The quantitative estimate of drug-likeness (QED) is 0.0567. The summed E-state index contributed by atoms with van der Waals surface area (Å²) in [6, 6.07) is 6.61. The summed E-state index contributed by atoms with van der Waals surface area (Å²) in [7, 11) is 4.88. The molecule has 0 saturated heterocycles. The highest BCUT2D eigenvalue weighted by Gasteiger charge is 2.24. The maximum absolute atomic E-state index is 13.6. The van der Waals surface area contributed by atoms with E-state index in [0.29, 0.717) is 104 Å². The number of aryl methyl sites for hydroxylation is 4. The molecule has 0 bridgehead atoms. The third kappa shape index (κ3) is 8.39. The Morgan fingerprint density at radius 3 is 2.32 bits per heavy atom. The number of hydrogen-bond donors (Lipinski definition) is 4. The highest BCUT2D eigenvalue weighted by Crippen LogP contribution is 2.37. The molecule has 0 radical (unpaired) electrons. The normalized spacial score (nSPS) is 11.4. The van der Waals surface area contributed by atoms with Gasteiger partial charge in [0.2, 0.25) is 17.6 Å². The van der Waals surface area contributed by atoms with E-state index in [9.17, 15) is 14.4 Å². The van der Waals surface area contributed by atoms with E-state index in [2.05, 4.69) is 31.3 Å². The number of aldehydes is 1. The first-order chi connectivity index (χ1) is 28.5. The highest BCUT2D eigenvalue weighted by molar-refractivity contribution is 6.12. The van der Waals surface area contributed by atoms with Crippen molar-refractivity contribution in [3.63, 3.8) is 0 Å². The number of allylic oxidation sites excluding steroid dienone is 2. The van der Waals surface area contributed by atoms with Gasteiger partial charge in [0.05, 0.1) is 36.1 Å². The number of carbonyl (C=O) groups is 3. The van der Waals surface area contributed by atoms with Crippen LogP contribution in [0.3, 0.4) is 0 Å². The van der Waals surface area contributed by atoms with Crippen molar-refractivity contribution < 1.29 is 32.7 Å². The zero-order valence-corrected chi connectivity index (χ0v) is 34.0. The Hall–Kier alpha value is -6.92. The van der Waals surface area contributed by atoms with Crippen molar-refractivity contribution in [3.8, 4) is 23.1 Å². The maximum atomic E-state index is 13.6. The van der Waals surface area contributed by atoms with Gasteiger partial charge in [-0.1, -0.05) is 19.1 Å². The summed E-state index contributed by atoms with van der Waals surface area (Å²) in [5.41, 5.74) is 14.3. The minimum atomic E-state index is -0.605. The molecule has 2 aromatic carbocycles. The fourth-order valence-electron chi connectivity index (χ4n) is 6.83. The highest BCUT2D eigenvalue weighted by atomic mass is 16.5. The van der Waals surface area contributed by atoms with Crippen LogP contribution in [0.4, 0.5) is 5.95 Å². The zero-order chi connectivity index (χ0) is 42.4. The second-order valence-electron chi connectivity index (χ2n) is 13.3. The molecule has 7 rings (SSSR count). The van der Waals surface area contributed by atoms with E-state index in [1.165, 1.54) is 14.2 Å². The monoisotopic (exact) mass is 805 g/mol. The molecule has 0 aliphatic carbocycles. The predicted molar refractivity (Wildman–Crippen MR) is 222 cm³/mol. The molecule has 7 aromatic rings. The molecule has 308 valence electrons. The van der Waals surface area contributed by atoms with Gasteiger partial charge in [-0.05, 0) is 64.7 Å². The van der Waals surface area contributed by atoms with Gasteiger partial charge in [0.15, 0.2) is 23.4 Å². The third-order valence-electron chi connectivity index (χ3n) is 9.38. The molecule has 5 heterocycles. The van der Waals surface area contributed by atoms with Gasteiger partial charge in [0.1, 0.15) is 28.9 Å². The predicted octanol–water partition coefficient (Wildman–Crippen LogP) is 5.06. The van der Waals surface area contributed by atoms with E-state index < -0.39 is 11.8 Å². The van der Waals surface area contributed by atoms with Crippen LogP contribution in [0.5, 0.6) is 11.5 Å². The summed E-state index contributed by atoms with van der Waals surface area (Å²) in [5, 5.41) is 7.36. The molecular weight excluding hydrogens is 759 g/mol. The van der Waals surface area contributed by atoms with Gasteiger partial charge in [0.25, 0.3) is 5.91 Å². The Labute approximate surface area is 339 Å². The number of methoxy groups -OCH3 is 1. The number of fused-ring (bicyclic) bond motifs is 4. The Kier molecular flexibility index (Phi) is 12.8. The fourth-order valence-corrected chi connectivity index (χ4v) is 6.83. The lowest BCUT2D eigenvalue weighted by Crippen LogP contribution is -2.17. The van der Waals surface area contributed by atoms with Gasteiger partial charge in [-0.2, -0.15) is 0 Å². The zero-order valence-electron chi connectivity index (χ0n) is 34.0. The van der Waals surface area contributed by atoms with Crippen molar-refractivity contribution in [2.24, 2.45) is 11.5 Å². The number of nitrogens with one attached hydrogen (secondary N) is 2. The topological polar surface area (TPSA) is 246 Å². The van der Waals surface area contributed by atoms with Crippen molar-refractivity contribution in [3.05, 3.63) is 82.7 Å². The fraction of sp³-hybridized carbons (Fsp3) is 0.317. The Morgan fingerprint density at radius 2 is 1.66 bits per heavy atom. The van der Waals surface area contributed by atoms with Gasteiger partial charge in [0, 0.05) is 55.0 Å². The number of oxazole rings is 2. The maximum Gasteiger partial charge on any atom is 0.295 e. The van der Waals surface area contributed by atoms with Crippen LogP contribution in [0, 0.1) is 20.8 Å². The third-order valence-corrected chi connectivity index (χ3v) is 9.38. The average Bonchev–Trinajstić information content (AvgIpc) is 3.98. The van der Waals surface area contributed by atoms with Crippen LogP contribution in [-0.2, 0) is 19.5 Å². The summed E-state index contributed by atoms with van der Waals surface area (Å²) in [5.74, 6) is 1.71. The summed E-state index contributed by atoms with van der Waals surface area (Å²) in [6.45, 7) is 8.78. The molecule has 2 amide bonds. The number of primary amides is 1. The minimum Gasteiger partial charge on any atom is -0.495 e. The first-order valence-corrected chi connectivity index (χ1v) is 18.9. The first-order valence-electron chi connectivity index (χ1n) is 18.9. The van der Waals surface area contributed by atoms with Crippen molar-refractivity contribution in [1.29, 1.82) is 0 Å². The lowest BCUT2D eigenvalue weighted by Gasteiger charge is -2.12. The number of carbonyl (C=O) groups excluding carboxylic acids is 3. The number of ether oxygens (including phenoxy) is 2. The molecule has 59 heavy (non-hydrogen) atoms. The van der Waals surface area contributed by atoms with E-state index in [1.807, 2.05) is 37.6 Å². The molecule has 18 heteroatoms. The smallest absolute Gasteiger partial charge is 0.295 e. The Bertz CT molecular complexity index is 2700. The van der Waals surface area contributed by atoms with E-state index in [0.717, 1.165) is 19.3 Å². The number of rotatable bonds is 16. The minimum absolute atomic E-state index is 0.0955. The van der Waals surface area contributed by atoms with Crippen LogP contribution >= 0.6 is 0 Å². The number of imidazole rings is 1. The molecular formula is C41H47N11O7. The van der Waals surface area contributed by atoms with Gasteiger partial charge in [-0.15, -0.1) is 0 Å². The van der Waals surface area contributed by atoms with Crippen molar-refractivity contribution >= 4 is 57.0 Å². The molecule has 0 fully saturated rings. The molecule has 0 aliphatic rings. The van der Waals surface area contributed by atoms with Crippen LogP contribution in [-0.4, -0.2) is 86.5 Å². The van der Waals surface area contributed by atoms with Crippen molar-refractivity contribution in [2.45, 2.75) is 53.6 Å². The van der Waals surface area contributed by atoms with Gasteiger partial charge < -0.3 is 44.2 Å². The number of aromatic nitrogens is 7. The van der Waals surface area contributed by atoms with Gasteiger partial charge >= 0.3 is 0 Å². The van der Waals surface area contributed by atoms with Crippen molar-refractivity contribution in [1.82, 2.24) is 39.4 Å². The number of amides is 2. The summed E-state index contributed by atoms with van der Waals surface area (Å²) >= 11 is 0. The van der Waals surface area contributed by atoms with Crippen LogP contribution in [0.1, 0.15) is 67.8 Å². The molecule has 5 aromatic heterocycles. The van der Waals surface area contributed by atoms with Gasteiger partial charge in [-0.3, -0.25) is 19.7 Å². The summed E-state index contributed by atoms with van der Waals surface area (Å²) in [4.78, 5) is 60.9. The van der Waals surface area contributed by atoms with E-state index in [1.54, 1.807) is 48.9 Å². The van der Waals surface area contributed by atoms with Crippen LogP contribution < -0.4 is 31.6 Å². The van der Waals surface area contributed by atoms with Gasteiger partial charge in [-0.25, -0.2) is 24.9 Å². The SMILES string of the molecule is CCc1nc(C)oc1C(=O)Nc1nc2cc(C=O)cc(OCCCNC)c2n1C/C=C/Cn1c2nc(-c3oc(C)nc3C)ncc2c2cc(C(N)=O)cc(OC)c21.CN. The molecule has 18 nitrogen and oxygen atoms in total. The van der Waals surface area contributed by atoms with Crippen LogP contribution in [0.15, 0.2) is 51.4 Å². The largest absolute Gasteiger partial charge is 0.495 e. The molecule has 0 atom stereocenters. The van der Waals surface area contributed by atoms with E-state index in [-0.39, 0.29) is 23.8 Å². The number of nitrogens with two attached hydrogens (primary N) is 2. The number of benzene rings is 2. The Morgan fingerprint density at radius 1 is 0.915 bits per heavy atom. The summed E-state index contributed by atoms with van der Waals surface area (Å²) < 4.78 is 27.3. The molecule has 0 unspecified atom stereocenters. The standard InChI is InChI=1S/C40H42N10O7.CH5N/c1-7-28-35(57-23(4)45-28)39(53)48-40-46-29-15-24(20-51)16-31(55-14-10-11-42-5)33(29)50(40)13-9-8-12-49-32-26(17-25(36(41)52)18-30(32)54-6)27-19-43-37(47-38(27)49)34-21(2)44-22(3)56-34;1-2/h8-9,15-20,42H,7,10-14H2,1-6H3,(H2,41,52)(H,46,48,53);2H2,1H3/b9-8+;. The Balaban J connectivity index is 0.00000288. The lowest BCUT2D eigenvalue weighted by molar-refractivity contribution is 0.0988. The molecule has 0 spiro atoms. The van der Waals surface area contributed by atoms with E-state index >= 15 is 0 Å². The summed E-state index contributed by atoms with van der Waals surface area (Å²) in [6.07, 6.45) is 7.47. The van der Waals surface area contributed by atoms with Crippen molar-refractivity contribution in [2.75, 3.05) is 39.7 Å². The number of nitrogens with zero attached hydrogens (tertiary/aromatic N) is 7. The van der Waals surface area contributed by atoms with E-state index in [4.69, 9.17) is 34.0 Å². The molecule has 0 aliphatic heterocycles.